The van der Waals surface area contributed by atoms with Gasteiger partial charge in [-0.2, -0.15) is 0 Å². The van der Waals surface area contributed by atoms with Gasteiger partial charge in [0.2, 0.25) is 0 Å². The molecule has 8 heteroatoms. The summed E-state index contributed by atoms with van der Waals surface area (Å²) < 4.78 is 13.8. The Labute approximate surface area is 200 Å². The molecule has 0 atom stereocenters. The summed E-state index contributed by atoms with van der Waals surface area (Å²) in [5, 5.41) is 3.87. The van der Waals surface area contributed by atoms with Crippen LogP contribution in [0.5, 0.6) is 11.5 Å². The Morgan fingerprint density at radius 2 is 1.68 bits per heavy atom. The first kappa shape index (κ1) is 22.4. The third-order valence-electron chi connectivity index (χ3n) is 6.64. The first-order chi connectivity index (χ1) is 16.7. The number of aryl methyl sites for hydroxylation is 1. The molecule has 3 heterocycles. The van der Waals surface area contributed by atoms with Crippen LogP contribution < -0.4 is 25.4 Å². The molecule has 5 rings (SSSR count). The zero-order valence-electron chi connectivity index (χ0n) is 19.5. The van der Waals surface area contributed by atoms with E-state index in [4.69, 9.17) is 15.2 Å². The lowest BCUT2D eigenvalue weighted by Gasteiger charge is -2.36. The molecule has 180 valence electrons. The molecule has 1 fully saturated rings. The average molecular weight is 464 g/mol. The van der Waals surface area contributed by atoms with Gasteiger partial charge in [0.05, 0.1) is 13.2 Å². The zero-order valence-corrected chi connectivity index (χ0v) is 19.5. The number of ether oxygens (including phenoxy) is 2. The molecule has 2 aliphatic rings. The maximum Gasteiger partial charge on any atom is 0.317 e. The SMILES string of the molecule is NC(=O)Nc1cc2ccccc2n1CCCCN1CCN(c2ccc3c(c2)OCCCO3)CC1. The number of carbonyl (C=O) groups is 1. The molecule has 2 amide bonds. The molecule has 8 nitrogen and oxygen atoms in total. The van der Waals surface area contributed by atoms with Crippen molar-refractivity contribution < 1.29 is 14.3 Å². The third-order valence-corrected chi connectivity index (χ3v) is 6.64. The van der Waals surface area contributed by atoms with Crippen LogP contribution in [0, 0.1) is 0 Å². The van der Waals surface area contributed by atoms with Gasteiger partial charge < -0.3 is 24.7 Å². The number of nitrogens with zero attached hydrogens (tertiary/aromatic N) is 3. The number of unbranched alkanes of at least 4 members (excludes halogenated alkanes) is 1. The molecule has 3 N–H and O–H groups in total. The molecular formula is C26H33N5O3. The number of anilines is 2. The lowest BCUT2D eigenvalue weighted by atomic mass is 10.2. The number of primary amides is 1. The summed E-state index contributed by atoms with van der Waals surface area (Å²) >= 11 is 0. The van der Waals surface area contributed by atoms with E-state index in [1.807, 2.05) is 24.3 Å². The quantitative estimate of drug-likeness (QED) is 0.519. The van der Waals surface area contributed by atoms with Crippen molar-refractivity contribution in [2.24, 2.45) is 5.73 Å². The molecule has 0 bridgehead atoms. The predicted octanol–water partition coefficient (Wildman–Crippen LogP) is 3.90. The van der Waals surface area contributed by atoms with Crippen LogP contribution in [-0.2, 0) is 6.54 Å². The highest BCUT2D eigenvalue weighted by Crippen LogP contribution is 2.34. The van der Waals surface area contributed by atoms with Crippen LogP contribution in [0.15, 0.2) is 48.5 Å². The van der Waals surface area contributed by atoms with Gasteiger partial charge in [0.25, 0.3) is 0 Å². The fourth-order valence-corrected chi connectivity index (χ4v) is 4.86. The zero-order chi connectivity index (χ0) is 23.3. The van der Waals surface area contributed by atoms with Gasteiger partial charge in [-0.3, -0.25) is 10.2 Å². The Morgan fingerprint density at radius 3 is 2.50 bits per heavy atom. The van der Waals surface area contributed by atoms with Crippen LogP contribution in [0.1, 0.15) is 19.3 Å². The van der Waals surface area contributed by atoms with Gasteiger partial charge in [-0.1, -0.05) is 18.2 Å². The Bertz CT molecular complexity index is 1140. The van der Waals surface area contributed by atoms with Gasteiger partial charge in [-0.15, -0.1) is 0 Å². The Morgan fingerprint density at radius 1 is 0.912 bits per heavy atom. The number of aromatic nitrogens is 1. The second-order valence-electron chi connectivity index (χ2n) is 8.95. The number of urea groups is 1. The van der Waals surface area contributed by atoms with Gasteiger partial charge in [0.15, 0.2) is 11.5 Å². The summed E-state index contributed by atoms with van der Waals surface area (Å²) in [5.74, 6) is 2.47. The van der Waals surface area contributed by atoms with Crippen LogP contribution in [0.25, 0.3) is 10.9 Å². The molecule has 0 unspecified atom stereocenters. The number of amides is 2. The van der Waals surface area contributed by atoms with Crippen LogP contribution in [0.2, 0.25) is 0 Å². The standard InChI is InChI=1S/C26H33N5O3/c27-26(32)28-25-18-20-6-1-2-7-22(20)31(25)11-4-3-10-29-12-14-30(15-13-29)21-8-9-23-24(19-21)34-17-5-16-33-23/h1-2,6-9,18-19H,3-5,10-17H2,(H3,27,28,32). The van der Waals surface area contributed by atoms with Crippen LogP contribution >= 0.6 is 0 Å². The lowest BCUT2D eigenvalue weighted by Crippen LogP contribution is -2.46. The number of rotatable bonds is 7. The van der Waals surface area contributed by atoms with E-state index < -0.39 is 6.03 Å². The number of para-hydroxylation sites is 1. The fraction of sp³-hybridized carbons (Fsp3) is 0.423. The second kappa shape index (κ2) is 10.3. The highest BCUT2D eigenvalue weighted by Gasteiger charge is 2.19. The molecule has 3 aromatic rings. The topological polar surface area (TPSA) is 85.0 Å². The minimum atomic E-state index is -0.532. The van der Waals surface area contributed by atoms with Crippen molar-refractivity contribution in [3.8, 4) is 11.5 Å². The minimum Gasteiger partial charge on any atom is -0.490 e. The highest BCUT2D eigenvalue weighted by atomic mass is 16.5. The van der Waals surface area contributed by atoms with Gasteiger partial charge in [0.1, 0.15) is 5.82 Å². The second-order valence-corrected chi connectivity index (χ2v) is 8.95. The van der Waals surface area contributed by atoms with E-state index in [0.29, 0.717) is 13.2 Å². The third kappa shape index (κ3) is 5.07. The largest absolute Gasteiger partial charge is 0.490 e. The number of carbonyl (C=O) groups excluding carboxylic acids is 1. The van der Waals surface area contributed by atoms with Gasteiger partial charge in [-0.05, 0) is 43.7 Å². The molecule has 0 radical (unpaired) electrons. The fourth-order valence-electron chi connectivity index (χ4n) is 4.86. The van der Waals surface area contributed by atoms with Crippen molar-refractivity contribution in [3.63, 3.8) is 0 Å². The number of nitrogens with two attached hydrogens (primary N) is 1. The van der Waals surface area contributed by atoms with Crippen molar-refractivity contribution in [1.29, 1.82) is 0 Å². The summed E-state index contributed by atoms with van der Waals surface area (Å²) in [6.45, 7) is 7.47. The van der Waals surface area contributed by atoms with Crippen LogP contribution in [-0.4, -0.2) is 61.4 Å². The van der Waals surface area contributed by atoms with Gasteiger partial charge >= 0.3 is 6.03 Å². The number of benzene rings is 2. The summed E-state index contributed by atoms with van der Waals surface area (Å²) in [7, 11) is 0. The molecule has 2 aliphatic heterocycles. The van der Waals surface area contributed by atoms with E-state index >= 15 is 0 Å². The highest BCUT2D eigenvalue weighted by molar-refractivity contribution is 5.92. The van der Waals surface area contributed by atoms with Gasteiger partial charge in [-0.25, -0.2) is 4.79 Å². The number of nitrogens with one attached hydrogen (secondary N) is 1. The first-order valence-corrected chi connectivity index (χ1v) is 12.2. The van der Waals surface area contributed by atoms with Crippen molar-refractivity contribution in [3.05, 3.63) is 48.5 Å². The van der Waals surface area contributed by atoms with E-state index in [1.165, 1.54) is 5.69 Å². The molecule has 0 saturated carbocycles. The van der Waals surface area contributed by atoms with Crippen molar-refractivity contribution in [2.45, 2.75) is 25.8 Å². The van der Waals surface area contributed by atoms with E-state index in [-0.39, 0.29) is 0 Å². The van der Waals surface area contributed by atoms with E-state index in [0.717, 1.165) is 86.8 Å². The lowest BCUT2D eigenvalue weighted by molar-refractivity contribution is 0.251. The van der Waals surface area contributed by atoms with Gasteiger partial charge in [0, 0.05) is 61.8 Å². The van der Waals surface area contributed by atoms with Crippen molar-refractivity contribution in [2.75, 3.05) is 56.2 Å². The maximum absolute atomic E-state index is 11.4. The summed E-state index contributed by atoms with van der Waals surface area (Å²) in [4.78, 5) is 16.4. The van der Waals surface area contributed by atoms with Crippen molar-refractivity contribution >= 4 is 28.4 Å². The molecule has 2 aromatic carbocycles. The molecule has 0 aliphatic carbocycles. The minimum absolute atomic E-state index is 0.532. The first-order valence-electron chi connectivity index (χ1n) is 12.2. The normalized spacial score (nSPS) is 16.4. The van der Waals surface area contributed by atoms with E-state index in [9.17, 15) is 4.79 Å². The van der Waals surface area contributed by atoms with Crippen LogP contribution in [0.3, 0.4) is 0 Å². The molecule has 0 spiro atoms. The van der Waals surface area contributed by atoms with Crippen molar-refractivity contribution in [1.82, 2.24) is 9.47 Å². The smallest absolute Gasteiger partial charge is 0.317 e. The summed E-state index contributed by atoms with van der Waals surface area (Å²) in [5.41, 5.74) is 7.70. The maximum atomic E-state index is 11.4. The monoisotopic (exact) mass is 463 g/mol. The average Bonchev–Trinajstić information content (AvgIpc) is 3.01. The number of fused-ring (bicyclic) bond motifs is 2. The number of hydrogen-bond acceptors (Lipinski definition) is 5. The predicted molar refractivity (Wildman–Crippen MR) is 135 cm³/mol. The number of hydrogen-bond donors (Lipinski definition) is 2. The number of piperazine rings is 1. The van der Waals surface area contributed by atoms with E-state index in [1.54, 1.807) is 0 Å². The summed E-state index contributed by atoms with van der Waals surface area (Å²) in [6, 6.07) is 15.9. The summed E-state index contributed by atoms with van der Waals surface area (Å²) in [6.07, 6.45) is 3.06. The Kier molecular flexibility index (Phi) is 6.76. The molecule has 1 saturated heterocycles. The van der Waals surface area contributed by atoms with E-state index in [2.05, 4.69) is 43.9 Å². The Balaban J connectivity index is 1.11. The van der Waals surface area contributed by atoms with Crippen LogP contribution in [0.4, 0.5) is 16.3 Å². The Hall–Kier alpha value is -3.39. The molecular weight excluding hydrogens is 430 g/mol. The molecule has 34 heavy (non-hydrogen) atoms. The molecule has 1 aromatic heterocycles.